The first-order valence-electron chi connectivity index (χ1n) is 19.0. The van der Waals surface area contributed by atoms with Crippen molar-refractivity contribution >= 4 is 18.5 Å². The third-order valence-corrected chi connectivity index (χ3v) is 9.74. The average Bonchev–Trinajstić information content (AvgIpc) is 3.03. The smallest absolute Gasteiger partial charge is 0.219 e. The molecular formula is C39H74N6O. The summed E-state index contributed by atoms with van der Waals surface area (Å²) < 4.78 is 0. The van der Waals surface area contributed by atoms with E-state index in [1.165, 1.54) is 76.3 Å². The number of aliphatic imine (C=N–C) groups is 2. The van der Waals surface area contributed by atoms with Gasteiger partial charge in [0.25, 0.3) is 0 Å². The van der Waals surface area contributed by atoms with Crippen LogP contribution in [-0.4, -0.2) is 44.3 Å². The first kappa shape index (κ1) is 41.9. The molecule has 1 aliphatic heterocycles. The highest BCUT2D eigenvalue weighted by Gasteiger charge is 2.23. The Morgan fingerprint density at radius 1 is 0.870 bits per heavy atom. The Labute approximate surface area is 284 Å². The molecule has 0 aliphatic carbocycles. The van der Waals surface area contributed by atoms with E-state index in [2.05, 4.69) is 74.4 Å². The Balaban J connectivity index is 2.13. The molecule has 7 heteroatoms. The molecule has 0 fully saturated rings. The molecule has 1 heterocycles. The SMILES string of the molecule is C=C(CCCCC(C)(C)CCCCC(C)(CC)CCCNC(=O)CCCC)NCCCCNC1NC=NC(C)=C1/N=C\CCCC. The van der Waals surface area contributed by atoms with Gasteiger partial charge in [-0.3, -0.25) is 15.1 Å². The highest BCUT2D eigenvalue weighted by atomic mass is 16.1. The van der Waals surface area contributed by atoms with Crippen LogP contribution in [0, 0.1) is 10.8 Å². The van der Waals surface area contributed by atoms with Crippen LogP contribution in [0.4, 0.5) is 0 Å². The van der Waals surface area contributed by atoms with E-state index in [1.54, 1.807) is 6.34 Å². The predicted octanol–water partition coefficient (Wildman–Crippen LogP) is 9.56. The van der Waals surface area contributed by atoms with Gasteiger partial charge < -0.3 is 16.0 Å². The Morgan fingerprint density at radius 3 is 2.24 bits per heavy atom. The zero-order valence-electron chi connectivity index (χ0n) is 31.3. The van der Waals surface area contributed by atoms with Crippen molar-refractivity contribution in [2.45, 2.75) is 177 Å². The molecule has 0 saturated carbocycles. The Hall–Kier alpha value is -2.15. The van der Waals surface area contributed by atoms with Crippen LogP contribution in [0.3, 0.4) is 0 Å². The number of nitrogens with zero attached hydrogens (tertiary/aromatic N) is 2. The fourth-order valence-electron chi connectivity index (χ4n) is 6.06. The largest absolute Gasteiger partial charge is 0.389 e. The van der Waals surface area contributed by atoms with E-state index in [9.17, 15) is 4.79 Å². The quantitative estimate of drug-likeness (QED) is 0.0483. The van der Waals surface area contributed by atoms with Crippen molar-refractivity contribution in [2.24, 2.45) is 20.8 Å². The summed E-state index contributed by atoms with van der Waals surface area (Å²) in [7, 11) is 0. The molecule has 0 saturated heterocycles. The van der Waals surface area contributed by atoms with Crippen molar-refractivity contribution in [2.75, 3.05) is 19.6 Å². The van der Waals surface area contributed by atoms with E-state index in [0.717, 1.165) is 76.0 Å². The lowest BCUT2D eigenvalue weighted by atomic mass is 9.76. The molecule has 1 amide bonds. The minimum atomic E-state index is 0.0330. The van der Waals surface area contributed by atoms with Crippen LogP contribution in [0.2, 0.25) is 0 Å². The molecule has 1 aliphatic rings. The van der Waals surface area contributed by atoms with Gasteiger partial charge in [-0.05, 0) is 101 Å². The third kappa shape index (κ3) is 20.2. The highest BCUT2D eigenvalue weighted by Crippen LogP contribution is 2.36. The number of carbonyl (C=O) groups is 1. The lowest BCUT2D eigenvalue weighted by molar-refractivity contribution is -0.121. The summed E-state index contributed by atoms with van der Waals surface area (Å²) >= 11 is 0. The first-order chi connectivity index (χ1) is 22.1. The fourth-order valence-corrected chi connectivity index (χ4v) is 6.06. The van der Waals surface area contributed by atoms with E-state index >= 15 is 0 Å². The number of carbonyl (C=O) groups excluding carboxylic acids is 1. The van der Waals surface area contributed by atoms with E-state index in [-0.39, 0.29) is 12.1 Å². The Kier molecular flexibility index (Phi) is 22.7. The highest BCUT2D eigenvalue weighted by molar-refractivity contribution is 5.75. The van der Waals surface area contributed by atoms with E-state index < -0.39 is 0 Å². The number of unbranched alkanes of at least 4 members (excludes halogenated alkanes) is 6. The molecule has 2 atom stereocenters. The summed E-state index contributed by atoms with van der Waals surface area (Å²) in [5, 5.41) is 13.6. The molecule has 1 rings (SSSR count). The molecule has 0 aromatic carbocycles. The van der Waals surface area contributed by atoms with Gasteiger partial charge in [-0.1, -0.05) is 86.6 Å². The van der Waals surface area contributed by atoms with Gasteiger partial charge in [0.05, 0.1) is 17.7 Å². The second-order valence-electron chi connectivity index (χ2n) is 14.8. The first-order valence-corrected chi connectivity index (χ1v) is 19.0. The summed E-state index contributed by atoms with van der Waals surface area (Å²) in [5.74, 6) is 0.219. The maximum atomic E-state index is 11.9. The fraction of sp³-hybridized carbons (Fsp3) is 0.821. The van der Waals surface area contributed by atoms with Gasteiger partial charge in [0, 0.05) is 31.4 Å². The zero-order chi connectivity index (χ0) is 34.1. The number of nitrogens with one attached hydrogen (secondary N) is 4. The molecule has 266 valence electrons. The van der Waals surface area contributed by atoms with Gasteiger partial charge in [0.15, 0.2) is 0 Å². The van der Waals surface area contributed by atoms with Gasteiger partial charge in [-0.15, -0.1) is 0 Å². The number of hydrogen-bond donors (Lipinski definition) is 4. The van der Waals surface area contributed by atoms with Gasteiger partial charge in [0.2, 0.25) is 5.91 Å². The molecule has 0 bridgehead atoms. The summed E-state index contributed by atoms with van der Waals surface area (Å²) in [5.41, 5.74) is 3.96. The minimum absolute atomic E-state index is 0.0330. The summed E-state index contributed by atoms with van der Waals surface area (Å²) in [6.45, 7) is 23.1. The minimum Gasteiger partial charge on any atom is -0.389 e. The normalized spacial score (nSPS) is 16.5. The summed E-state index contributed by atoms with van der Waals surface area (Å²) in [6.07, 6.45) is 25.7. The Bertz CT molecular complexity index is 923. The van der Waals surface area contributed by atoms with Crippen LogP contribution in [0.5, 0.6) is 0 Å². The standard InChI is InChI=1S/C39H74N6O/c1-9-12-18-29-42-36-34(5)44-32-45-37(36)43-30-20-19-28-40-33(4)22-14-15-24-38(6,7)25-16-17-26-39(8,11-3)27-21-31-41-35(46)23-13-10-2/h29,32,37,40,43H,4,9-28,30-31H2,1-3,5-8H3,(H,41,46)(H,44,45)/b42-29-. The predicted molar refractivity (Wildman–Crippen MR) is 201 cm³/mol. The number of amides is 1. The van der Waals surface area contributed by atoms with Crippen LogP contribution in [-0.2, 0) is 4.79 Å². The molecule has 4 N–H and O–H groups in total. The van der Waals surface area contributed by atoms with Crippen molar-refractivity contribution in [1.29, 1.82) is 0 Å². The van der Waals surface area contributed by atoms with Gasteiger partial charge >= 0.3 is 0 Å². The van der Waals surface area contributed by atoms with E-state index in [0.29, 0.717) is 17.3 Å². The number of rotatable bonds is 29. The van der Waals surface area contributed by atoms with Crippen LogP contribution in [0.15, 0.2) is 33.7 Å². The second-order valence-corrected chi connectivity index (χ2v) is 14.8. The molecule has 7 nitrogen and oxygen atoms in total. The van der Waals surface area contributed by atoms with Crippen LogP contribution < -0.4 is 21.3 Å². The molecular weight excluding hydrogens is 568 g/mol. The summed E-state index contributed by atoms with van der Waals surface area (Å²) in [4.78, 5) is 21.0. The van der Waals surface area contributed by atoms with Crippen LogP contribution in [0.1, 0.15) is 170 Å². The lowest BCUT2D eigenvalue weighted by Crippen LogP contribution is -2.45. The van der Waals surface area contributed by atoms with Crippen LogP contribution in [0.25, 0.3) is 0 Å². The molecule has 2 unspecified atom stereocenters. The zero-order valence-corrected chi connectivity index (χ0v) is 31.3. The number of allylic oxidation sites excluding steroid dienone is 2. The monoisotopic (exact) mass is 643 g/mol. The number of hydrogen-bond acceptors (Lipinski definition) is 6. The molecule has 0 aromatic rings. The molecule has 0 spiro atoms. The maximum absolute atomic E-state index is 11.9. The topological polar surface area (TPSA) is 89.9 Å². The van der Waals surface area contributed by atoms with E-state index in [1.807, 2.05) is 13.1 Å². The molecule has 0 radical (unpaired) electrons. The summed E-state index contributed by atoms with van der Waals surface area (Å²) in [6, 6.07) is 0. The van der Waals surface area contributed by atoms with Crippen molar-refractivity contribution in [1.82, 2.24) is 21.3 Å². The van der Waals surface area contributed by atoms with Crippen molar-refractivity contribution in [3.05, 3.63) is 23.7 Å². The third-order valence-electron chi connectivity index (χ3n) is 9.74. The second kappa shape index (κ2) is 24.9. The maximum Gasteiger partial charge on any atom is 0.219 e. The van der Waals surface area contributed by atoms with Gasteiger partial charge in [0.1, 0.15) is 6.17 Å². The van der Waals surface area contributed by atoms with Gasteiger partial charge in [-0.25, -0.2) is 4.99 Å². The van der Waals surface area contributed by atoms with Crippen molar-refractivity contribution in [3.8, 4) is 0 Å². The lowest BCUT2D eigenvalue weighted by Gasteiger charge is -2.30. The van der Waals surface area contributed by atoms with Crippen LogP contribution >= 0.6 is 0 Å². The average molecular weight is 643 g/mol. The molecule has 0 aromatic heterocycles. The Morgan fingerprint density at radius 2 is 1.52 bits per heavy atom. The van der Waals surface area contributed by atoms with Gasteiger partial charge in [-0.2, -0.15) is 0 Å². The molecule has 46 heavy (non-hydrogen) atoms. The van der Waals surface area contributed by atoms with Crippen molar-refractivity contribution in [3.63, 3.8) is 0 Å². The van der Waals surface area contributed by atoms with Crippen molar-refractivity contribution < 1.29 is 4.79 Å². The van der Waals surface area contributed by atoms with E-state index in [4.69, 9.17) is 4.99 Å².